The Kier molecular flexibility index (Phi) is 4.10. The van der Waals surface area contributed by atoms with E-state index in [0.717, 1.165) is 17.7 Å². The molecule has 0 aliphatic heterocycles. The van der Waals surface area contributed by atoms with Gasteiger partial charge in [-0.25, -0.2) is 9.50 Å². The number of aromatic nitrogens is 3. The molecular formula is C18H20N4O. The first-order chi connectivity index (χ1) is 11.1. The Balaban J connectivity index is 2.08. The summed E-state index contributed by atoms with van der Waals surface area (Å²) in [5.41, 5.74) is 5.54. The van der Waals surface area contributed by atoms with Crippen molar-refractivity contribution < 1.29 is 4.79 Å². The first-order valence-corrected chi connectivity index (χ1v) is 7.80. The molecule has 0 saturated heterocycles. The van der Waals surface area contributed by atoms with Gasteiger partial charge in [0, 0.05) is 18.3 Å². The van der Waals surface area contributed by atoms with Crippen LogP contribution in [0.4, 0.5) is 0 Å². The van der Waals surface area contributed by atoms with Gasteiger partial charge >= 0.3 is 0 Å². The van der Waals surface area contributed by atoms with Crippen molar-refractivity contribution in [2.24, 2.45) is 0 Å². The minimum absolute atomic E-state index is 0.133. The molecular weight excluding hydrogens is 288 g/mol. The highest BCUT2D eigenvalue weighted by Gasteiger charge is 2.15. The second-order valence-corrected chi connectivity index (χ2v) is 5.68. The molecule has 0 atom stereocenters. The second kappa shape index (κ2) is 6.20. The summed E-state index contributed by atoms with van der Waals surface area (Å²) in [6, 6.07) is 8.20. The van der Waals surface area contributed by atoms with Gasteiger partial charge in [0.15, 0.2) is 5.65 Å². The minimum atomic E-state index is -0.133. The first kappa shape index (κ1) is 15.2. The van der Waals surface area contributed by atoms with E-state index in [-0.39, 0.29) is 5.91 Å². The summed E-state index contributed by atoms with van der Waals surface area (Å²) >= 11 is 0. The standard InChI is InChI=1S/C18H20N4O/c1-4-8-20-18(23)15-11-21-22-16(7-9-19-17(15)22)14-6-5-12(2)13(3)10-14/h5-7,9-11H,4,8H2,1-3H3,(H,20,23). The van der Waals surface area contributed by atoms with Gasteiger partial charge in [0.1, 0.15) is 5.56 Å². The molecule has 3 rings (SSSR count). The molecule has 2 heterocycles. The normalized spacial score (nSPS) is 10.9. The van der Waals surface area contributed by atoms with Crippen molar-refractivity contribution in [2.45, 2.75) is 27.2 Å². The molecule has 0 fully saturated rings. The third kappa shape index (κ3) is 2.82. The van der Waals surface area contributed by atoms with E-state index in [1.165, 1.54) is 11.1 Å². The smallest absolute Gasteiger partial charge is 0.256 e. The van der Waals surface area contributed by atoms with Gasteiger partial charge in [0.05, 0.1) is 11.9 Å². The number of carbonyl (C=O) groups is 1. The van der Waals surface area contributed by atoms with Crippen LogP contribution in [0.25, 0.3) is 16.9 Å². The average molecular weight is 308 g/mol. The first-order valence-electron chi connectivity index (χ1n) is 7.80. The number of hydrogen-bond acceptors (Lipinski definition) is 3. The van der Waals surface area contributed by atoms with E-state index in [0.29, 0.717) is 17.8 Å². The lowest BCUT2D eigenvalue weighted by Gasteiger charge is -2.08. The fourth-order valence-electron chi connectivity index (χ4n) is 2.50. The average Bonchev–Trinajstić information content (AvgIpc) is 2.99. The van der Waals surface area contributed by atoms with Gasteiger partial charge in [-0.3, -0.25) is 4.79 Å². The van der Waals surface area contributed by atoms with Gasteiger partial charge in [-0.05, 0) is 43.5 Å². The van der Waals surface area contributed by atoms with Gasteiger partial charge in [0.2, 0.25) is 0 Å². The van der Waals surface area contributed by atoms with E-state index >= 15 is 0 Å². The summed E-state index contributed by atoms with van der Waals surface area (Å²) in [7, 11) is 0. The van der Waals surface area contributed by atoms with Gasteiger partial charge < -0.3 is 5.32 Å². The Hall–Kier alpha value is -2.69. The van der Waals surface area contributed by atoms with Crippen molar-refractivity contribution in [3.8, 4) is 11.3 Å². The number of aryl methyl sites for hydroxylation is 2. The Morgan fingerprint density at radius 2 is 2.04 bits per heavy atom. The van der Waals surface area contributed by atoms with E-state index in [4.69, 9.17) is 0 Å². The zero-order chi connectivity index (χ0) is 16.4. The Bertz CT molecular complexity index is 867. The SMILES string of the molecule is CCCNC(=O)c1cnn2c(-c3ccc(C)c(C)c3)ccnc12. The van der Waals surface area contributed by atoms with Crippen molar-refractivity contribution in [3.05, 3.63) is 53.3 Å². The fourth-order valence-corrected chi connectivity index (χ4v) is 2.50. The van der Waals surface area contributed by atoms with Crippen molar-refractivity contribution in [3.63, 3.8) is 0 Å². The van der Waals surface area contributed by atoms with Crippen molar-refractivity contribution >= 4 is 11.6 Å². The molecule has 0 spiro atoms. The molecule has 5 heteroatoms. The quantitative estimate of drug-likeness (QED) is 0.805. The highest BCUT2D eigenvalue weighted by molar-refractivity contribution is 5.99. The van der Waals surface area contributed by atoms with Crippen LogP contribution in [0.1, 0.15) is 34.8 Å². The zero-order valence-corrected chi connectivity index (χ0v) is 13.6. The lowest BCUT2D eigenvalue weighted by atomic mass is 10.0. The number of amides is 1. The molecule has 0 saturated carbocycles. The number of carbonyl (C=O) groups excluding carboxylic acids is 1. The molecule has 0 unspecified atom stereocenters. The molecule has 118 valence electrons. The molecule has 3 aromatic rings. The summed E-state index contributed by atoms with van der Waals surface area (Å²) < 4.78 is 1.73. The van der Waals surface area contributed by atoms with E-state index < -0.39 is 0 Å². The summed E-state index contributed by atoms with van der Waals surface area (Å²) in [5, 5.41) is 7.24. The highest BCUT2D eigenvalue weighted by atomic mass is 16.1. The number of nitrogens with zero attached hydrogens (tertiary/aromatic N) is 3. The van der Waals surface area contributed by atoms with Crippen LogP contribution in [0.3, 0.4) is 0 Å². The molecule has 5 nitrogen and oxygen atoms in total. The van der Waals surface area contributed by atoms with Crippen molar-refractivity contribution in [2.75, 3.05) is 6.54 Å². The maximum Gasteiger partial charge on any atom is 0.256 e. The van der Waals surface area contributed by atoms with Crippen LogP contribution in [0.2, 0.25) is 0 Å². The monoisotopic (exact) mass is 308 g/mol. The largest absolute Gasteiger partial charge is 0.352 e. The summed E-state index contributed by atoms with van der Waals surface area (Å²) in [6.07, 6.45) is 4.20. The van der Waals surface area contributed by atoms with Gasteiger partial charge in [-0.2, -0.15) is 5.10 Å². The predicted molar refractivity (Wildman–Crippen MR) is 90.5 cm³/mol. The van der Waals surface area contributed by atoms with Gasteiger partial charge in [-0.1, -0.05) is 19.1 Å². The van der Waals surface area contributed by atoms with Crippen LogP contribution in [-0.4, -0.2) is 27.0 Å². The van der Waals surface area contributed by atoms with E-state index in [1.807, 2.05) is 13.0 Å². The Morgan fingerprint density at radius 3 is 2.78 bits per heavy atom. The van der Waals surface area contributed by atoms with E-state index in [2.05, 4.69) is 47.4 Å². The highest BCUT2D eigenvalue weighted by Crippen LogP contribution is 2.23. The van der Waals surface area contributed by atoms with Crippen LogP contribution in [0.15, 0.2) is 36.7 Å². The topological polar surface area (TPSA) is 59.3 Å². The van der Waals surface area contributed by atoms with E-state index in [9.17, 15) is 4.79 Å². The maximum atomic E-state index is 12.2. The van der Waals surface area contributed by atoms with Crippen molar-refractivity contribution in [1.29, 1.82) is 0 Å². The molecule has 0 aliphatic carbocycles. The van der Waals surface area contributed by atoms with Crippen LogP contribution in [0, 0.1) is 13.8 Å². The number of hydrogen-bond donors (Lipinski definition) is 1. The van der Waals surface area contributed by atoms with E-state index in [1.54, 1.807) is 16.9 Å². The molecule has 0 aliphatic rings. The molecule has 0 radical (unpaired) electrons. The fraction of sp³-hybridized carbons (Fsp3) is 0.278. The van der Waals surface area contributed by atoms with Crippen molar-refractivity contribution in [1.82, 2.24) is 19.9 Å². The molecule has 1 aromatic carbocycles. The molecule has 23 heavy (non-hydrogen) atoms. The molecule has 0 bridgehead atoms. The number of benzene rings is 1. The number of nitrogens with one attached hydrogen (secondary N) is 1. The Labute approximate surface area is 135 Å². The summed E-state index contributed by atoms with van der Waals surface area (Å²) in [6.45, 7) is 6.84. The third-order valence-electron chi connectivity index (χ3n) is 3.98. The lowest BCUT2D eigenvalue weighted by Crippen LogP contribution is -2.23. The number of rotatable bonds is 4. The summed E-state index contributed by atoms with van der Waals surface area (Å²) in [4.78, 5) is 16.6. The maximum absolute atomic E-state index is 12.2. The second-order valence-electron chi connectivity index (χ2n) is 5.68. The van der Waals surface area contributed by atoms with Crippen LogP contribution in [-0.2, 0) is 0 Å². The predicted octanol–water partition coefficient (Wildman–Crippen LogP) is 3.15. The van der Waals surface area contributed by atoms with Gasteiger partial charge in [-0.15, -0.1) is 0 Å². The number of fused-ring (bicyclic) bond motifs is 1. The lowest BCUT2D eigenvalue weighted by molar-refractivity contribution is 0.0955. The zero-order valence-electron chi connectivity index (χ0n) is 13.6. The summed E-state index contributed by atoms with van der Waals surface area (Å²) in [5.74, 6) is -0.133. The van der Waals surface area contributed by atoms with Crippen LogP contribution >= 0.6 is 0 Å². The Morgan fingerprint density at radius 1 is 1.22 bits per heavy atom. The minimum Gasteiger partial charge on any atom is -0.352 e. The van der Waals surface area contributed by atoms with Crippen LogP contribution < -0.4 is 5.32 Å². The molecule has 2 aromatic heterocycles. The molecule has 1 N–H and O–H groups in total. The van der Waals surface area contributed by atoms with Gasteiger partial charge in [0.25, 0.3) is 5.91 Å². The third-order valence-corrected chi connectivity index (χ3v) is 3.98. The molecule has 1 amide bonds. The van der Waals surface area contributed by atoms with Crippen LogP contribution in [0.5, 0.6) is 0 Å².